The lowest BCUT2D eigenvalue weighted by Crippen LogP contribution is -2.25. The lowest BCUT2D eigenvalue weighted by atomic mass is 10.3. The number of aryl methyl sites for hydroxylation is 3. The molecule has 0 unspecified atom stereocenters. The van der Waals surface area contributed by atoms with Crippen LogP contribution >= 0.6 is 0 Å². The van der Waals surface area contributed by atoms with Crippen molar-refractivity contribution in [1.82, 2.24) is 23.0 Å². The van der Waals surface area contributed by atoms with Gasteiger partial charge in [-0.05, 0) is 44.2 Å². The molecule has 0 bridgehead atoms. The largest absolute Gasteiger partial charge is 0.457 e. The van der Waals surface area contributed by atoms with Crippen molar-refractivity contribution in [1.29, 1.82) is 0 Å². The van der Waals surface area contributed by atoms with E-state index in [-0.39, 0.29) is 30.2 Å². The van der Waals surface area contributed by atoms with Crippen molar-refractivity contribution in [2.75, 3.05) is 14.1 Å². The fourth-order valence-electron chi connectivity index (χ4n) is 4.21. The molecule has 0 aliphatic heterocycles. The van der Waals surface area contributed by atoms with Crippen molar-refractivity contribution < 1.29 is 17.9 Å². The number of rotatable bonds is 9. The topological polar surface area (TPSA) is 108 Å². The third-order valence-electron chi connectivity index (χ3n) is 6.04. The van der Waals surface area contributed by atoms with E-state index in [0.29, 0.717) is 24.4 Å². The molecule has 0 saturated heterocycles. The molecule has 0 N–H and O–H groups in total. The van der Waals surface area contributed by atoms with Crippen LogP contribution in [0.4, 0.5) is 0 Å². The number of ether oxygens (including phenoxy) is 1. The fourth-order valence-corrected chi connectivity index (χ4v) is 5.13. The van der Waals surface area contributed by atoms with Crippen LogP contribution in [0.3, 0.4) is 0 Å². The molecule has 10 nitrogen and oxygen atoms in total. The van der Waals surface area contributed by atoms with Gasteiger partial charge in [0.25, 0.3) is 0 Å². The standard InChI is InChI=1S/C24H29N5O5S/c1-5-27-19-12-11-17(35(32,33)26(3)4)15-18(19)25-22(27)16-34-23(30)13-14-29-21-10-8-7-9-20(21)28(6-2)24(29)31/h7-12,15H,5-6,13-14,16H2,1-4H3. The van der Waals surface area contributed by atoms with Crippen LogP contribution in [0.25, 0.3) is 22.1 Å². The molecule has 186 valence electrons. The van der Waals surface area contributed by atoms with E-state index in [1.807, 2.05) is 42.7 Å². The Labute approximate surface area is 203 Å². The minimum Gasteiger partial charge on any atom is -0.457 e. The summed E-state index contributed by atoms with van der Waals surface area (Å²) in [6.45, 7) is 5.12. The molecular weight excluding hydrogens is 470 g/mol. The maximum Gasteiger partial charge on any atom is 0.329 e. The van der Waals surface area contributed by atoms with Gasteiger partial charge in [-0.2, -0.15) is 0 Å². The van der Waals surface area contributed by atoms with E-state index in [4.69, 9.17) is 4.74 Å². The van der Waals surface area contributed by atoms with E-state index < -0.39 is 16.0 Å². The summed E-state index contributed by atoms with van der Waals surface area (Å²) in [6.07, 6.45) is 0.0369. The Kier molecular flexibility index (Phi) is 6.82. The van der Waals surface area contributed by atoms with Crippen molar-refractivity contribution >= 4 is 38.1 Å². The molecule has 11 heteroatoms. The normalized spacial score (nSPS) is 12.1. The van der Waals surface area contributed by atoms with Crippen LogP contribution < -0.4 is 5.69 Å². The van der Waals surface area contributed by atoms with Gasteiger partial charge in [0.05, 0.1) is 33.4 Å². The first-order valence-corrected chi connectivity index (χ1v) is 12.9. The number of carbonyl (C=O) groups excluding carboxylic acids is 1. The van der Waals surface area contributed by atoms with Crippen molar-refractivity contribution in [3.8, 4) is 0 Å². The van der Waals surface area contributed by atoms with E-state index >= 15 is 0 Å². The van der Waals surface area contributed by atoms with Gasteiger partial charge >= 0.3 is 11.7 Å². The molecule has 0 fully saturated rings. The Morgan fingerprint density at radius 1 is 0.971 bits per heavy atom. The van der Waals surface area contributed by atoms with Crippen molar-refractivity contribution in [2.45, 2.75) is 51.4 Å². The van der Waals surface area contributed by atoms with Gasteiger partial charge in [0, 0.05) is 33.7 Å². The molecular formula is C24H29N5O5S. The monoisotopic (exact) mass is 499 g/mol. The lowest BCUT2D eigenvalue weighted by Gasteiger charge is -2.11. The molecule has 2 aromatic heterocycles. The third kappa shape index (κ3) is 4.48. The predicted octanol–water partition coefficient (Wildman–Crippen LogP) is 2.58. The second kappa shape index (κ2) is 9.67. The number of para-hydroxylation sites is 2. The minimum absolute atomic E-state index is 0.0369. The fraction of sp³-hybridized carbons (Fsp3) is 0.375. The zero-order valence-corrected chi connectivity index (χ0v) is 21.1. The minimum atomic E-state index is -3.59. The molecule has 0 aliphatic rings. The summed E-state index contributed by atoms with van der Waals surface area (Å²) < 4.78 is 36.7. The Bertz CT molecular complexity index is 1560. The predicted molar refractivity (Wildman–Crippen MR) is 133 cm³/mol. The van der Waals surface area contributed by atoms with Crippen LogP contribution in [0.1, 0.15) is 26.1 Å². The zero-order valence-electron chi connectivity index (χ0n) is 20.3. The molecule has 0 atom stereocenters. The lowest BCUT2D eigenvalue weighted by molar-refractivity contribution is -0.145. The van der Waals surface area contributed by atoms with Gasteiger partial charge in [-0.1, -0.05) is 12.1 Å². The smallest absolute Gasteiger partial charge is 0.329 e. The van der Waals surface area contributed by atoms with Crippen molar-refractivity contribution in [3.63, 3.8) is 0 Å². The Morgan fingerprint density at radius 3 is 2.26 bits per heavy atom. The van der Waals surface area contributed by atoms with Crippen LogP contribution in [-0.2, 0) is 45.8 Å². The average molecular weight is 500 g/mol. The van der Waals surface area contributed by atoms with Crippen LogP contribution in [0.2, 0.25) is 0 Å². The third-order valence-corrected chi connectivity index (χ3v) is 7.85. The first-order chi connectivity index (χ1) is 16.7. The van der Waals surface area contributed by atoms with E-state index in [0.717, 1.165) is 20.9 Å². The maximum atomic E-state index is 12.7. The van der Waals surface area contributed by atoms with E-state index in [1.165, 1.54) is 20.2 Å². The van der Waals surface area contributed by atoms with Crippen LogP contribution in [0.5, 0.6) is 0 Å². The molecule has 4 rings (SSSR count). The number of fused-ring (bicyclic) bond motifs is 2. The second-order valence-electron chi connectivity index (χ2n) is 8.29. The number of hydrogen-bond donors (Lipinski definition) is 0. The highest BCUT2D eigenvalue weighted by atomic mass is 32.2. The highest BCUT2D eigenvalue weighted by molar-refractivity contribution is 7.89. The van der Waals surface area contributed by atoms with Crippen LogP contribution in [-0.4, -0.2) is 51.5 Å². The first-order valence-electron chi connectivity index (χ1n) is 11.4. The summed E-state index contributed by atoms with van der Waals surface area (Å²) in [6, 6.07) is 12.3. The quantitative estimate of drug-likeness (QED) is 0.328. The number of imidazole rings is 2. The number of aromatic nitrogens is 4. The summed E-state index contributed by atoms with van der Waals surface area (Å²) >= 11 is 0. The van der Waals surface area contributed by atoms with Gasteiger partial charge in [-0.25, -0.2) is 22.5 Å². The number of esters is 1. The van der Waals surface area contributed by atoms with E-state index in [9.17, 15) is 18.0 Å². The molecule has 2 heterocycles. The number of sulfonamides is 1. The molecule has 0 saturated carbocycles. The Balaban J connectivity index is 1.50. The molecule has 0 aliphatic carbocycles. The van der Waals surface area contributed by atoms with Crippen molar-refractivity contribution in [3.05, 3.63) is 58.8 Å². The maximum absolute atomic E-state index is 12.7. The highest BCUT2D eigenvalue weighted by Crippen LogP contribution is 2.22. The van der Waals surface area contributed by atoms with Gasteiger partial charge < -0.3 is 9.30 Å². The van der Waals surface area contributed by atoms with Gasteiger partial charge in [0.2, 0.25) is 10.0 Å². The molecule has 2 aromatic carbocycles. The van der Waals surface area contributed by atoms with Crippen molar-refractivity contribution in [2.24, 2.45) is 0 Å². The van der Waals surface area contributed by atoms with Gasteiger partial charge in [-0.15, -0.1) is 0 Å². The molecule has 4 aromatic rings. The molecule has 0 radical (unpaired) electrons. The zero-order chi connectivity index (χ0) is 25.3. The molecule has 0 amide bonds. The molecule has 0 spiro atoms. The van der Waals surface area contributed by atoms with Gasteiger partial charge in [0.15, 0.2) is 0 Å². The van der Waals surface area contributed by atoms with Gasteiger partial charge in [-0.3, -0.25) is 13.9 Å². The highest BCUT2D eigenvalue weighted by Gasteiger charge is 2.20. The average Bonchev–Trinajstić information content (AvgIpc) is 3.33. The van der Waals surface area contributed by atoms with E-state index in [1.54, 1.807) is 21.3 Å². The summed E-state index contributed by atoms with van der Waals surface area (Å²) in [4.78, 5) is 29.9. The SMILES string of the molecule is CCn1c(COC(=O)CCn2c(=O)n(CC)c3ccccc32)nc2cc(S(=O)(=O)N(C)C)ccc21. The van der Waals surface area contributed by atoms with Crippen LogP contribution in [0, 0.1) is 0 Å². The van der Waals surface area contributed by atoms with Crippen LogP contribution in [0.15, 0.2) is 52.2 Å². The number of hydrogen-bond acceptors (Lipinski definition) is 6. The Hall–Kier alpha value is -3.44. The first kappa shape index (κ1) is 24.7. The second-order valence-corrected chi connectivity index (χ2v) is 10.4. The molecule has 35 heavy (non-hydrogen) atoms. The summed E-state index contributed by atoms with van der Waals surface area (Å²) in [5.74, 6) is 0.0748. The summed E-state index contributed by atoms with van der Waals surface area (Å²) in [7, 11) is -0.638. The number of nitrogens with zero attached hydrogens (tertiary/aromatic N) is 5. The summed E-state index contributed by atoms with van der Waals surface area (Å²) in [5, 5.41) is 0. The number of carbonyl (C=O) groups is 1. The summed E-state index contributed by atoms with van der Waals surface area (Å²) in [5.41, 5.74) is 2.73. The Morgan fingerprint density at radius 2 is 1.63 bits per heavy atom. The van der Waals surface area contributed by atoms with E-state index in [2.05, 4.69) is 4.98 Å². The van der Waals surface area contributed by atoms with Gasteiger partial charge in [0.1, 0.15) is 12.4 Å². The number of benzene rings is 2.